The first kappa shape index (κ1) is 6.01. The van der Waals surface area contributed by atoms with Crippen LogP contribution < -0.4 is 16.6 Å². The normalized spacial score (nSPS) is 30.4. The average molecular weight is 114 g/mol. The van der Waals surface area contributed by atoms with E-state index in [1.54, 1.807) is 0 Å². The minimum Gasteiger partial charge on any atom is -0.330 e. The fourth-order valence-electron chi connectivity index (χ4n) is 0.823. The maximum atomic E-state index is 5.42. The summed E-state index contributed by atoms with van der Waals surface area (Å²) >= 11 is 0. The molecule has 1 saturated heterocycles. The molecule has 1 unspecified atom stereocenters. The van der Waals surface area contributed by atoms with Crippen LogP contribution in [0.15, 0.2) is 0 Å². The summed E-state index contributed by atoms with van der Waals surface area (Å²) in [6.07, 6.45) is 1.16. The largest absolute Gasteiger partial charge is 0.330 e. The molecule has 1 aliphatic rings. The Morgan fingerprint density at radius 1 is 1.75 bits per heavy atom. The molecule has 0 aromatic carbocycles. The Morgan fingerprint density at radius 3 is 3.00 bits per heavy atom. The van der Waals surface area contributed by atoms with Gasteiger partial charge in [-0.1, -0.05) is 0 Å². The molecule has 0 saturated carbocycles. The van der Waals surface area contributed by atoms with Gasteiger partial charge in [-0.05, 0) is 18.9 Å². The van der Waals surface area contributed by atoms with E-state index in [4.69, 9.17) is 5.73 Å². The molecular formula is C5H12N3. The fourth-order valence-corrected chi connectivity index (χ4v) is 0.823. The predicted molar refractivity (Wildman–Crippen MR) is 32.2 cm³/mol. The van der Waals surface area contributed by atoms with Gasteiger partial charge in [-0.2, -0.15) is 5.43 Å². The Labute approximate surface area is 49.6 Å². The van der Waals surface area contributed by atoms with E-state index in [-0.39, 0.29) is 0 Å². The van der Waals surface area contributed by atoms with Gasteiger partial charge in [0.25, 0.3) is 0 Å². The molecule has 0 amide bonds. The maximum absolute atomic E-state index is 5.42. The summed E-state index contributed by atoms with van der Waals surface area (Å²) < 4.78 is 0. The van der Waals surface area contributed by atoms with Crippen molar-refractivity contribution in [1.82, 2.24) is 10.9 Å². The molecule has 8 heavy (non-hydrogen) atoms. The van der Waals surface area contributed by atoms with Crippen molar-refractivity contribution in [2.45, 2.75) is 6.42 Å². The molecule has 1 heterocycles. The minimum absolute atomic E-state index is 0.660. The lowest BCUT2D eigenvalue weighted by Crippen LogP contribution is -2.40. The van der Waals surface area contributed by atoms with Gasteiger partial charge < -0.3 is 5.73 Å². The summed E-state index contributed by atoms with van der Waals surface area (Å²) in [6, 6.07) is 0. The van der Waals surface area contributed by atoms with Gasteiger partial charge in [0.2, 0.25) is 0 Å². The van der Waals surface area contributed by atoms with Crippen molar-refractivity contribution in [1.29, 1.82) is 0 Å². The van der Waals surface area contributed by atoms with Gasteiger partial charge in [-0.3, -0.25) is 0 Å². The second-order valence-corrected chi connectivity index (χ2v) is 2.13. The van der Waals surface area contributed by atoms with Crippen LogP contribution in [-0.2, 0) is 0 Å². The van der Waals surface area contributed by atoms with E-state index in [2.05, 4.69) is 10.9 Å². The highest BCUT2D eigenvalue weighted by Gasteiger charge is 2.09. The highest BCUT2D eigenvalue weighted by Crippen LogP contribution is 2.00. The van der Waals surface area contributed by atoms with Crippen LogP contribution in [-0.4, -0.2) is 19.6 Å². The summed E-state index contributed by atoms with van der Waals surface area (Å²) in [7, 11) is 0. The Balaban J connectivity index is 2.13. The first-order valence-corrected chi connectivity index (χ1v) is 3.03. The summed E-state index contributed by atoms with van der Waals surface area (Å²) in [5.74, 6) is 0.660. The molecule has 47 valence electrons. The van der Waals surface area contributed by atoms with Crippen LogP contribution in [0.25, 0.3) is 0 Å². The fraction of sp³-hybridized carbons (Fsp3) is 1.00. The summed E-state index contributed by atoms with van der Waals surface area (Å²) in [4.78, 5) is 0. The van der Waals surface area contributed by atoms with Gasteiger partial charge in [0.05, 0.1) is 0 Å². The monoisotopic (exact) mass is 114 g/mol. The molecule has 1 fully saturated rings. The zero-order valence-corrected chi connectivity index (χ0v) is 4.93. The molecule has 1 aliphatic heterocycles. The van der Waals surface area contributed by atoms with Crippen LogP contribution in [0.5, 0.6) is 0 Å². The molecule has 3 N–H and O–H groups in total. The second-order valence-electron chi connectivity index (χ2n) is 2.13. The van der Waals surface area contributed by atoms with Crippen LogP contribution in [0.3, 0.4) is 0 Å². The summed E-state index contributed by atoms with van der Waals surface area (Å²) in [5.41, 5.74) is 12.3. The van der Waals surface area contributed by atoms with E-state index < -0.39 is 0 Å². The predicted octanol–water partition coefficient (Wildman–Crippen LogP) is -0.926. The zero-order valence-electron chi connectivity index (χ0n) is 4.93. The smallest absolute Gasteiger partial charge is 0.0307 e. The summed E-state index contributed by atoms with van der Waals surface area (Å²) in [5, 5.41) is 0. The van der Waals surface area contributed by atoms with Crippen molar-refractivity contribution >= 4 is 0 Å². The van der Waals surface area contributed by atoms with Crippen molar-refractivity contribution in [3.8, 4) is 0 Å². The molecule has 0 aliphatic carbocycles. The minimum atomic E-state index is 0.660. The number of nitrogens with two attached hydrogens (primary N) is 1. The van der Waals surface area contributed by atoms with Crippen LogP contribution in [0, 0.1) is 5.92 Å². The lowest BCUT2D eigenvalue weighted by molar-refractivity contribution is 0.335. The van der Waals surface area contributed by atoms with Crippen LogP contribution in [0.2, 0.25) is 0 Å². The van der Waals surface area contributed by atoms with E-state index in [1.165, 1.54) is 0 Å². The highest BCUT2D eigenvalue weighted by molar-refractivity contribution is 4.66. The molecule has 0 bridgehead atoms. The van der Waals surface area contributed by atoms with Crippen LogP contribution in [0.1, 0.15) is 6.42 Å². The second kappa shape index (κ2) is 3.02. The van der Waals surface area contributed by atoms with Gasteiger partial charge in [0.15, 0.2) is 0 Å². The van der Waals surface area contributed by atoms with E-state index >= 15 is 0 Å². The number of hydrogen-bond acceptors (Lipinski definition) is 2. The van der Waals surface area contributed by atoms with Crippen molar-refractivity contribution < 1.29 is 0 Å². The topological polar surface area (TPSA) is 52.2 Å². The van der Waals surface area contributed by atoms with Crippen LogP contribution >= 0.6 is 0 Å². The number of nitrogens with one attached hydrogen (secondary N) is 1. The molecule has 0 aromatic rings. The molecule has 0 aromatic heterocycles. The van der Waals surface area contributed by atoms with E-state index in [0.29, 0.717) is 5.92 Å². The highest BCUT2D eigenvalue weighted by atomic mass is 15.4. The molecule has 3 heteroatoms. The Bertz CT molecular complexity index is 58.7. The number of nitrogens with zero attached hydrogens (tertiary/aromatic N) is 1. The van der Waals surface area contributed by atoms with Crippen molar-refractivity contribution in [2.24, 2.45) is 11.7 Å². The standard InChI is InChI=1S/C5H12N3/c6-3-5-1-2-7-8-4-5/h5,8H,1-4,6H2. The third kappa shape index (κ3) is 1.43. The van der Waals surface area contributed by atoms with E-state index in [9.17, 15) is 0 Å². The zero-order chi connectivity index (χ0) is 5.82. The lowest BCUT2D eigenvalue weighted by atomic mass is 10.1. The quantitative estimate of drug-likeness (QED) is 0.463. The van der Waals surface area contributed by atoms with E-state index in [1.807, 2.05) is 0 Å². The van der Waals surface area contributed by atoms with Gasteiger partial charge in [-0.25, -0.2) is 5.43 Å². The third-order valence-electron chi connectivity index (χ3n) is 1.47. The SMILES string of the molecule is NCC1CC[N]NC1. The van der Waals surface area contributed by atoms with Gasteiger partial charge in [-0.15, -0.1) is 0 Å². The molecular weight excluding hydrogens is 102 g/mol. The number of hydrogen-bond donors (Lipinski definition) is 2. The van der Waals surface area contributed by atoms with Gasteiger partial charge in [0.1, 0.15) is 0 Å². The van der Waals surface area contributed by atoms with Gasteiger partial charge in [0, 0.05) is 13.1 Å². The first-order chi connectivity index (χ1) is 3.93. The van der Waals surface area contributed by atoms with E-state index in [0.717, 1.165) is 26.1 Å². The van der Waals surface area contributed by atoms with Crippen molar-refractivity contribution in [3.63, 3.8) is 0 Å². The Morgan fingerprint density at radius 2 is 2.62 bits per heavy atom. The molecule has 3 nitrogen and oxygen atoms in total. The molecule has 1 atom stereocenters. The Kier molecular flexibility index (Phi) is 2.27. The van der Waals surface area contributed by atoms with Gasteiger partial charge >= 0.3 is 0 Å². The first-order valence-electron chi connectivity index (χ1n) is 3.03. The average Bonchev–Trinajstić information content (AvgIpc) is 1.90. The van der Waals surface area contributed by atoms with Crippen molar-refractivity contribution in [3.05, 3.63) is 0 Å². The molecule has 1 radical (unpaired) electrons. The third-order valence-corrected chi connectivity index (χ3v) is 1.47. The molecule has 1 rings (SSSR count). The Hall–Kier alpha value is -0.120. The van der Waals surface area contributed by atoms with Crippen LogP contribution in [0.4, 0.5) is 0 Å². The number of rotatable bonds is 1. The van der Waals surface area contributed by atoms with Crippen molar-refractivity contribution in [2.75, 3.05) is 19.6 Å². The lowest BCUT2D eigenvalue weighted by Gasteiger charge is -2.19. The molecule has 0 spiro atoms. The maximum Gasteiger partial charge on any atom is 0.0307 e. The summed E-state index contributed by atoms with van der Waals surface area (Å²) in [6.45, 7) is 2.70.